The summed E-state index contributed by atoms with van der Waals surface area (Å²) < 4.78 is 14.0. The van der Waals surface area contributed by atoms with E-state index in [0.717, 1.165) is 16.9 Å². The Balaban J connectivity index is 1.81. The van der Waals surface area contributed by atoms with Gasteiger partial charge >= 0.3 is 5.97 Å². The highest BCUT2D eigenvalue weighted by atomic mass is 32.1. The Labute approximate surface area is 159 Å². The molecule has 3 aromatic rings. The average Bonchev–Trinajstić information content (AvgIpc) is 3.04. The van der Waals surface area contributed by atoms with Crippen LogP contribution in [0.2, 0.25) is 0 Å². The predicted molar refractivity (Wildman–Crippen MR) is 101 cm³/mol. The number of hydrogen-bond acceptors (Lipinski definition) is 4. The molecule has 1 unspecified atom stereocenters. The Bertz CT molecular complexity index is 972. The molecule has 1 atom stereocenters. The van der Waals surface area contributed by atoms with Crippen LogP contribution in [-0.4, -0.2) is 28.0 Å². The van der Waals surface area contributed by atoms with Crippen molar-refractivity contribution in [1.29, 1.82) is 0 Å². The molecule has 0 fully saturated rings. The van der Waals surface area contributed by atoms with Gasteiger partial charge in [0.25, 0.3) is 5.91 Å². The number of rotatable bonds is 6. The maximum atomic E-state index is 14.0. The molecule has 2 N–H and O–H groups in total. The second-order valence-corrected chi connectivity index (χ2v) is 6.97. The SMILES string of the molecule is Cc1nc(-c2ccccc2F)sc1C(=O)NC(Cc1ccccc1)C(=O)O. The summed E-state index contributed by atoms with van der Waals surface area (Å²) in [5, 5.41) is 12.4. The number of amides is 1. The van der Waals surface area contributed by atoms with Crippen molar-refractivity contribution in [2.45, 2.75) is 19.4 Å². The van der Waals surface area contributed by atoms with Gasteiger partial charge in [-0.3, -0.25) is 4.79 Å². The van der Waals surface area contributed by atoms with Crippen LogP contribution in [0.15, 0.2) is 54.6 Å². The van der Waals surface area contributed by atoms with Gasteiger partial charge in [0.05, 0.1) is 5.69 Å². The van der Waals surface area contributed by atoms with Crippen LogP contribution >= 0.6 is 11.3 Å². The van der Waals surface area contributed by atoms with Gasteiger partial charge < -0.3 is 10.4 Å². The minimum absolute atomic E-state index is 0.167. The third-order valence-electron chi connectivity index (χ3n) is 3.99. The van der Waals surface area contributed by atoms with Crippen molar-refractivity contribution < 1.29 is 19.1 Å². The zero-order chi connectivity index (χ0) is 19.4. The van der Waals surface area contributed by atoms with E-state index in [1.54, 1.807) is 37.3 Å². The maximum absolute atomic E-state index is 14.0. The van der Waals surface area contributed by atoms with E-state index in [1.165, 1.54) is 6.07 Å². The number of thiazole rings is 1. The molecule has 27 heavy (non-hydrogen) atoms. The number of carboxylic acids is 1. The Kier molecular flexibility index (Phi) is 5.61. The highest BCUT2D eigenvalue weighted by Gasteiger charge is 2.24. The zero-order valence-corrected chi connectivity index (χ0v) is 15.3. The number of nitrogens with zero attached hydrogens (tertiary/aromatic N) is 1. The van der Waals surface area contributed by atoms with Crippen LogP contribution in [-0.2, 0) is 11.2 Å². The largest absolute Gasteiger partial charge is 0.480 e. The summed E-state index contributed by atoms with van der Waals surface area (Å²) in [5.74, 6) is -2.08. The fourth-order valence-electron chi connectivity index (χ4n) is 2.63. The van der Waals surface area contributed by atoms with Gasteiger partial charge in [-0.2, -0.15) is 0 Å². The first-order chi connectivity index (χ1) is 13.0. The molecule has 1 aromatic heterocycles. The fraction of sp³-hybridized carbons (Fsp3) is 0.150. The normalized spacial score (nSPS) is 11.8. The molecule has 0 radical (unpaired) electrons. The van der Waals surface area contributed by atoms with Gasteiger partial charge in [0.2, 0.25) is 0 Å². The van der Waals surface area contributed by atoms with Gasteiger partial charge in [-0.15, -0.1) is 11.3 Å². The molecule has 7 heteroatoms. The topological polar surface area (TPSA) is 79.3 Å². The van der Waals surface area contributed by atoms with Crippen molar-refractivity contribution >= 4 is 23.2 Å². The third kappa shape index (κ3) is 4.38. The summed E-state index contributed by atoms with van der Waals surface area (Å²) in [4.78, 5) is 28.7. The van der Waals surface area contributed by atoms with E-state index in [2.05, 4.69) is 10.3 Å². The molecule has 0 aliphatic heterocycles. The van der Waals surface area contributed by atoms with Crippen LogP contribution in [0, 0.1) is 12.7 Å². The van der Waals surface area contributed by atoms with Crippen molar-refractivity contribution in [2.75, 3.05) is 0 Å². The number of carbonyl (C=O) groups is 2. The van der Waals surface area contributed by atoms with Crippen LogP contribution in [0.25, 0.3) is 10.6 Å². The van der Waals surface area contributed by atoms with Crippen molar-refractivity contribution in [2.24, 2.45) is 0 Å². The lowest BCUT2D eigenvalue weighted by atomic mass is 10.1. The number of hydrogen-bond donors (Lipinski definition) is 2. The molecular weight excluding hydrogens is 367 g/mol. The van der Waals surface area contributed by atoms with Crippen LogP contribution in [0.1, 0.15) is 20.9 Å². The minimum Gasteiger partial charge on any atom is -0.480 e. The summed E-state index contributed by atoms with van der Waals surface area (Å²) in [6, 6.07) is 14.2. The number of aliphatic carboxylic acids is 1. The van der Waals surface area contributed by atoms with Crippen LogP contribution in [0.4, 0.5) is 4.39 Å². The van der Waals surface area contributed by atoms with Gasteiger partial charge in [-0.1, -0.05) is 42.5 Å². The van der Waals surface area contributed by atoms with E-state index >= 15 is 0 Å². The lowest BCUT2D eigenvalue weighted by molar-refractivity contribution is -0.139. The first kappa shape index (κ1) is 18.7. The number of carboxylic acid groups (broad SMARTS) is 1. The quantitative estimate of drug-likeness (QED) is 0.679. The van der Waals surface area contributed by atoms with Gasteiger partial charge in [-0.25, -0.2) is 14.2 Å². The van der Waals surface area contributed by atoms with E-state index in [0.29, 0.717) is 16.3 Å². The molecular formula is C20H17FN2O3S. The van der Waals surface area contributed by atoms with Crippen molar-refractivity contribution in [3.63, 3.8) is 0 Å². The lowest BCUT2D eigenvalue weighted by Crippen LogP contribution is -2.42. The zero-order valence-electron chi connectivity index (χ0n) is 14.5. The first-order valence-electron chi connectivity index (χ1n) is 8.25. The van der Waals surface area contributed by atoms with Crippen LogP contribution < -0.4 is 5.32 Å². The van der Waals surface area contributed by atoms with Crippen molar-refractivity contribution in [3.05, 3.63) is 76.5 Å². The molecule has 0 aliphatic carbocycles. The van der Waals surface area contributed by atoms with Crippen LogP contribution in [0.3, 0.4) is 0 Å². The molecule has 1 amide bonds. The smallest absolute Gasteiger partial charge is 0.326 e. The van der Waals surface area contributed by atoms with E-state index in [-0.39, 0.29) is 11.3 Å². The third-order valence-corrected chi connectivity index (χ3v) is 5.18. The number of benzene rings is 2. The number of nitrogens with one attached hydrogen (secondary N) is 1. The monoisotopic (exact) mass is 384 g/mol. The molecule has 0 spiro atoms. The van der Waals surface area contributed by atoms with Gasteiger partial charge in [0.1, 0.15) is 21.7 Å². The molecule has 1 heterocycles. The van der Waals surface area contributed by atoms with Gasteiger partial charge in [0, 0.05) is 12.0 Å². The molecule has 0 saturated heterocycles. The summed E-state index contributed by atoms with van der Waals surface area (Å²) in [5.41, 5.74) is 1.54. The summed E-state index contributed by atoms with van der Waals surface area (Å²) >= 11 is 1.04. The Morgan fingerprint density at radius 2 is 1.81 bits per heavy atom. The van der Waals surface area contributed by atoms with Crippen molar-refractivity contribution in [3.8, 4) is 10.6 Å². The Morgan fingerprint density at radius 3 is 2.48 bits per heavy atom. The van der Waals surface area contributed by atoms with Gasteiger partial charge in [0.15, 0.2) is 0 Å². The van der Waals surface area contributed by atoms with E-state index in [9.17, 15) is 19.1 Å². The molecule has 5 nitrogen and oxygen atoms in total. The number of halogens is 1. The molecule has 0 bridgehead atoms. The fourth-order valence-corrected chi connectivity index (χ4v) is 3.63. The molecule has 0 saturated carbocycles. The molecule has 138 valence electrons. The highest BCUT2D eigenvalue weighted by Crippen LogP contribution is 2.29. The lowest BCUT2D eigenvalue weighted by Gasteiger charge is -2.14. The molecule has 2 aromatic carbocycles. The van der Waals surface area contributed by atoms with Crippen molar-refractivity contribution in [1.82, 2.24) is 10.3 Å². The summed E-state index contributed by atoms with van der Waals surface area (Å²) in [7, 11) is 0. The van der Waals surface area contributed by atoms with Gasteiger partial charge in [-0.05, 0) is 24.6 Å². The molecule has 0 aliphatic rings. The number of carbonyl (C=O) groups excluding carboxylic acids is 1. The highest BCUT2D eigenvalue weighted by molar-refractivity contribution is 7.17. The second kappa shape index (κ2) is 8.09. The number of aromatic nitrogens is 1. The van der Waals surface area contributed by atoms with E-state index in [1.807, 2.05) is 18.2 Å². The summed E-state index contributed by atoms with van der Waals surface area (Å²) in [6.45, 7) is 1.64. The van der Waals surface area contributed by atoms with E-state index in [4.69, 9.17) is 0 Å². The number of aryl methyl sites for hydroxylation is 1. The second-order valence-electron chi connectivity index (χ2n) is 5.97. The predicted octanol–water partition coefficient (Wildman–Crippen LogP) is 3.68. The first-order valence-corrected chi connectivity index (χ1v) is 9.07. The van der Waals surface area contributed by atoms with E-state index < -0.39 is 23.7 Å². The maximum Gasteiger partial charge on any atom is 0.326 e. The Hall–Kier alpha value is -3.06. The molecule has 3 rings (SSSR count). The minimum atomic E-state index is -1.12. The summed E-state index contributed by atoms with van der Waals surface area (Å²) in [6.07, 6.45) is 0.167. The average molecular weight is 384 g/mol. The standard InChI is InChI=1S/C20H17FN2O3S/c1-12-17(27-19(22-12)14-9-5-6-10-15(14)21)18(24)23-16(20(25)26)11-13-7-3-2-4-8-13/h2-10,16H,11H2,1H3,(H,23,24)(H,25,26). The van der Waals surface area contributed by atoms with Crippen LogP contribution in [0.5, 0.6) is 0 Å². The Morgan fingerprint density at radius 1 is 1.15 bits per heavy atom.